The third-order valence-corrected chi connectivity index (χ3v) is 4.02. The van der Waals surface area contributed by atoms with E-state index in [9.17, 15) is 9.18 Å². The van der Waals surface area contributed by atoms with Gasteiger partial charge in [-0.15, -0.1) is 0 Å². The van der Waals surface area contributed by atoms with Gasteiger partial charge in [-0.3, -0.25) is 4.79 Å². The Labute approximate surface area is 153 Å². The van der Waals surface area contributed by atoms with Crippen LogP contribution in [0.1, 0.15) is 22.4 Å². The molecule has 0 aliphatic carbocycles. The van der Waals surface area contributed by atoms with E-state index < -0.39 is 5.82 Å². The van der Waals surface area contributed by atoms with Crippen molar-refractivity contribution in [1.82, 2.24) is 10.2 Å². The minimum atomic E-state index is -0.620. The Hall–Kier alpha value is -3.17. The molecule has 130 valence electrons. The second-order valence-corrected chi connectivity index (χ2v) is 6.05. The largest absolute Gasteiger partial charge is 0.453 e. The van der Waals surface area contributed by atoms with E-state index in [1.165, 1.54) is 12.1 Å². The van der Waals surface area contributed by atoms with Gasteiger partial charge in [-0.2, -0.15) is 10.4 Å². The molecular weight excluding hydrogens is 357 g/mol. The number of H-pyrrole nitrogens is 1. The number of rotatable bonds is 4. The van der Waals surface area contributed by atoms with Gasteiger partial charge >= 0.3 is 0 Å². The van der Waals surface area contributed by atoms with E-state index in [0.29, 0.717) is 28.1 Å². The van der Waals surface area contributed by atoms with Crippen molar-refractivity contribution in [2.24, 2.45) is 0 Å². The number of aryl methyl sites for hydroxylation is 1. The molecule has 0 unspecified atom stereocenters. The molecule has 7 heteroatoms. The van der Waals surface area contributed by atoms with Crippen LogP contribution in [-0.2, 0) is 6.42 Å². The monoisotopic (exact) mass is 369 g/mol. The van der Waals surface area contributed by atoms with Crippen LogP contribution in [0, 0.1) is 24.1 Å². The molecule has 0 radical (unpaired) electrons. The first-order valence-electron chi connectivity index (χ1n) is 7.68. The van der Waals surface area contributed by atoms with Gasteiger partial charge in [0.05, 0.1) is 22.3 Å². The lowest BCUT2D eigenvalue weighted by molar-refractivity contribution is 0.439. The van der Waals surface area contributed by atoms with Crippen LogP contribution in [0.2, 0.25) is 5.02 Å². The highest BCUT2D eigenvalue weighted by Crippen LogP contribution is 2.34. The van der Waals surface area contributed by atoms with Crippen LogP contribution in [-0.4, -0.2) is 10.2 Å². The first-order chi connectivity index (χ1) is 12.5. The van der Waals surface area contributed by atoms with Gasteiger partial charge in [0.1, 0.15) is 5.75 Å². The molecule has 0 saturated heterocycles. The minimum Gasteiger partial charge on any atom is -0.453 e. The quantitative estimate of drug-likeness (QED) is 0.750. The molecule has 1 heterocycles. The van der Waals surface area contributed by atoms with E-state index >= 15 is 0 Å². The molecule has 0 atom stereocenters. The summed E-state index contributed by atoms with van der Waals surface area (Å²) in [6.07, 6.45) is 0.162. The van der Waals surface area contributed by atoms with Crippen LogP contribution in [0.5, 0.6) is 11.5 Å². The number of hydrogen-bond donors (Lipinski definition) is 1. The third kappa shape index (κ3) is 3.73. The molecule has 3 rings (SSSR count). The molecule has 0 aliphatic rings. The van der Waals surface area contributed by atoms with Gasteiger partial charge < -0.3 is 4.74 Å². The van der Waals surface area contributed by atoms with E-state index in [-0.39, 0.29) is 22.8 Å². The van der Waals surface area contributed by atoms with Gasteiger partial charge in [0.25, 0.3) is 5.56 Å². The fourth-order valence-corrected chi connectivity index (χ4v) is 2.58. The molecule has 2 aromatic carbocycles. The fraction of sp³-hybridized carbons (Fsp3) is 0.105. The van der Waals surface area contributed by atoms with Crippen molar-refractivity contribution >= 4 is 11.6 Å². The standard InChI is InChI=1S/C19H13ClFN3O2/c1-11-7-14(23-24-19(11)25)9-13-5-6-16(20)18(17(13)21)26-15-4-2-3-12(8-15)10-22/h2-8H,9H2,1H3,(H,24,25). The molecule has 26 heavy (non-hydrogen) atoms. The van der Waals surface area contributed by atoms with Crippen LogP contribution >= 0.6 is 11.6 Å². The normalized spacial score (nSPS) is 10.4. The van der Waals surface area contributed by atoms with Crippen LogP contribution in [0.3, 0.4) is 0 Å². The highest BCUT2D eigenvalue weighted by Gasteiger charge is 2.16. The first-order valence-corrected chi connectivity index (χ1v) is 8.06. The van der Waals surface area contributed by atoms with E-state index in [1.54, 1.807) is 37.3 Å². The Bertz CT molecular complexity index is 1070. The number of aromatic amines is 1. The highest BCUT2D eigenvalue weighted by molar-refractivity contribution is 6.32. The van der Waals surface area contributed by atoms with Crippen LogP contribution in [0.4, 0.5) is 4.39 Å². The molecule has 0 amide bonds. The number of aromatic nitrogens is 2. The van der Waals surface area contributed by atoms with Gasteiger partial charge in [0.2, 0.25) is 0 Å². The van der Waals surface area contributed by atoms with Crippen molar-refractivity contribution in [2.45, 2.75) is 13.3 Å². The second kappa shape index (κ2) is 7.38. The zero-order valence-corrected chi connectivity index (χ0v) is 14.5. The van der Waals surface area contributed by atoms with Gasteiger partial charge in [-0.05, 0) is 42.8 Å². The number of hydrogen-bond acceptors (Lipinski definition) is 4. The van der Waals surface area contributed by atoms with Crippen LogP contribution in [0.25, 0.3) is 0 Å². The third-order valence-electron chi connectivity index (χ3n) is 3.73. The van der Waals surface area contributed by atoms with Crippen molar-refractivity contribution < 1.29 is 9.13 Å². The van der Waals surface area contributed by atoms with Crippen molar-refractivity contribution in [3.8, 4) is 17.6 Å². The molecule has 1 N–H and O–H groups in total. The lowest BCUT2D eigenvalue weighted by Gasteiger charge is -2.12. The van der Waals surface area contributed by atoms with Crippen molar-refractivity contribution in [3.63, 3.8) is 0 Å². The van der Waals surface area contributed by atoms with E-state index in [4.69, 9.17) is 21.6 Å². The molecule has 0 aliphatic heterocycles. The maximum absolute atomic E-state index is 14.9. The Morgan fingerprint density at radius 3 is 2.85 bits per heavy atom. The number of ether oxygens (including phenoxy) is 1. The predicted molar refractivity (Wildman–Crippen MR) is 95.0 cm³/mol. The topological polar surface area (TPSA) is 78.8 Å². The summed E-state index contributed by atoms with van der Waals surface area (Å²) >= 11 is 6.08. The lowest BCUT2D eigenvalue weighted by Crippen LogP contribution is -2.13. The van der Waals surface area contributed by atoms with Gasteiger partial charge in [-0.25, -0.2) is 9.49 Å². The van der Waals surface area contributed by atoms with E-state index in [1.807, 2.05) is 6.07 Å². The second-order valence-electron chi connectivity index (χ2n) is 5.64. The van der Waals surface area contributed by atoms with Crippen LogP contribution in [0.15, 0.2) is 47.3 Å². The Balaban J connectivity index is 1.94. The van der Waals surface area contributed by atoms with Gasteiger partial charge in [0.15, 0.2) is 11.6 Å². The first kappa shape index (κ1) is 17.6. The number of nitrogens with zero attached hydrogens (tertiary/aromatic N) is 2. The van der Waals surface area contributed by atoms with Crippen molar-refractivity contribution in [2.75, 3.05) is 0 Å². The molecule has 0 spiro atoms. The van der Waals surface area contributed by atoms with Gasteiger partial charge in [0, 0.05) is 12.0 Å². The number of nitrogens with one attached hydrogen (secondary N) is 1. The highest BCUT2D eigenvalue weighted by atomic mass is 35.5. The molecule has 3 aromatic rings. The summed E-state index contributed by atoms with van der Waals surface area (Å²) in [5, 5.41) is 15.4. The summed E-state index contributed by atoms with van der Waals surface area (Å²) in [5.74, 6) is -0.439. The molecule has 0 bridgehead atoms. The van der Waals surface area contributed by atoms with Crippen molar-refractivity contribution in [1.29, 1.82) is 5.26 Å². The van der Waals surface area contributed by atoms with Gasteiger partial charge in [-0.1, -0.05) is 23.7 Å². The number of benzene rings is 2. The maximum Gasteiger partial charge on any atom is 0.267 e. The Morgan fingerprint density at radius 1 is 1.31 bits per heavy atom. The number of halogens is 2. The van der Waals surface area contributed by atoms with Crippen LogP contribution < -0.4 is 10.3 Å². The molecular formula is C19H13ClFN3O2. The molecule has 1 aromatic heterocycles. The smallest absolute Gasteiger partial charge is 0.267 e. The average Bonchev–Trinajstić information content (AvgIpc) is 2.64. The summed E-state index contributed by atoms with van der Waals surface area (Å²) in [6.45, 7) is 1.65. The SMILES string of the molecule is Cc1cc(Cc2ccc(Cl)c(Oc3cccc(C#N)c3)c2F)n[nH]c1=O. The minimum absolute atomic E-state index is 0.110. The summed E-state index contributed by atoms with van der Waals surface area (Å²) in [4.78, 5) is 11.4. The van der Waals surface area contributed by atoms with E-state index in [0.717, 1.165) is 0 Å². The molecule has 5 nitrogen and oxygen atoms in total. The zero-order chi connectivity index (χ0) is 18.7. The zero-order valence-electron chi connectivity index (χ0n) is 13.7. The fourth-order valence-electron chi connectivity index (χ4n) is 2.39. The van der Waals surface area contributed by atoms with E-state index in [2.05, 4.69) is 10.2 Å². The molecule has 0 fully saturated rings. The summed E-state index contributed by atoms with van der Waals surface area (Å²) < 4.78 is 20.5. The Morgan fingerprint density at radius 2 is 2.12 bits per heavy atom. The number of nitriles is 1. The average molecular weight is 370 g/mol. The summed E-state index contributed by atoms with van der Waals surface area (Å²) in [5.41, 5.74) is 1.43. The Kier molecular flexibility index (Phi) is 5.01. The predicted octanol–water partition coefficient (Wildman–Crippen LogP) is 4.13. The maximum atomic E-state index is 14.9. The lowest BCUT2D eigenvalue weighted by atomic mass is 10.1. The molecule has 0 saturated carbocycles. The summed E-state index contributed by atoms with van der Waals surface area (Å²) in [7, 11) is 0. The summed E-state index contributed by atoms with van der Waals surface area (Å²) in [6, 6.07) is 13.0. The van der Waals surface area contributed by atoms with Crippen molar-refractivity contribution in [3.05, 3.63) is 86.0 Å².